The summed E-state index contributed by atoms with van der Waals surface area (Å²) < 4.78 is 5.14. The van der Waals surface area contributed by atoms with E-state index in [1.165, 1.54) is 11.3 Å². The third kappa shape index (κ3) is 1.81. The number of hydrogen-bond donors (Lipinski definition) is 1. The summed E-state index contributed by atoms with van der Waals surface area (Å²) in [7, 11) is 1.62. The van der Waals surface area contributed by atoms with Crippen LogP contribution in [0.25, 0.3) is 0 Å². The van der Waals surface area contributed by atoms with E-state index >= 15 is 0 Å². The van der Waals surface area contributed by atoms with Crippen LogP contribution in [0.1, 0.15) is 6.42 Å². The van der Waals surface area contributed by atoms with Crippen LogP contribution >= 0.6 is 0 Å². The van der Waals surface area contributed by atoms with E-state index in [1.54, 1.807) is 7.11 Å². The van der Waals surface area contributed by atoms with Crippen LogP contribution in [0.3, 0.4) is 0 Å². The zero-order valence-electron chi connectivity index (χ0n) is 13.5. The lowest BCUT2D eigenvalue weighted by Gasteiger charge is -2.37. The zero-order chi connectivity index (χ0) is 16.4. The minimum absolute atomic E-state index is 0.00992. The van der Waals surface area contributed by atoms with Crippen molar-refractivity contribution >= 4 is 17.5 Å². The second-order valence-electron chi connectivity index (χ2n) is 7.32. The molecule has 5 heteroatoms. The van der Waals surface area contributed by atoms with Crippen molar-refractivity contribution in [2.75, 3.05) is 19.1 Å². The summed E-state index contributed by atoms with van der Waals surface area (Å²) in [5, 5.41) is 3.19. The summed E-state index contributed by atoms with van der Waals surface area (Å²) in [5.41, 5.74) is 0.871. The van der Waals surface area contributed by atoms with Crippen molar-refractivity contribution in [3.63, 3.8) is 0 Å². The Morgan fingerprint density at radius 2 is 1.62 bits per heavy atom. The second-order valence-corrected chi connectivity index (χ2v) is 7.32. The number of nitrogens with zero attached hydrogens (tertiary/aromatic N) is 1. The molecular formula is C19H20N2O3. The van der Waals surface area contributed by atoms with Crippen LogP contribution in [0.4, 0.5) is 5.69 Å². The topological polar surface area (TPSA) is 58.6 Å². The number of benzene rings is 1. The van der Waals surface area contributed by atoms with Crippen LogP contribution in [-0.4, -0.2) is 30.5 Å². The molecular weight excluding hydrogens is 304 g/mol. The van der Waals surface area contributed by atoms with Gasteiger partial charge in [0.2, 0.25) is 11.8 Å². The number of likely N-dealkylation sites (tertiary alicyclic amines) is 1. The zero-order valence-corrected chi connectivity index (χ0v) is 13.5. The molecule has 1 heterocycles. The summed E-state index contributed by atoms with van der Waals surface area (Å²) in [6.45, 7) is 0.242. The Morgan fingerprint density at radius 3 is 2.17 bits per heavy atom. The molecule has 1 aliphatic heterocycles. The summed E-state index contributed by atoms with van der Waals surface area (Å²) in [4.78, 5) is 27.1. The van der Waals surface area contributed by atoms with E-state index in [2.05, 4.69) is 17.5 Å². The Labute approximate surface area is 140 Å². The highest BCUT2D eigenvalue weighted by Gasteiger charge is 2.66. The lowest BCUT2D eigenvalue weighted by Crippen LogP contribution is -2.40. The fourth-order valence-electron chi connectivity index (χ4n) is 5.05. The average molecular weight is 324 g/mol. The normalized spacial score (nSPS) is 38.1. The van der Waals surface area contributed by atoms with Gasteiger partial charge in [0.05, 0.1) is 25.6 Å². The maximum absolute atomic E-state index is 12.8. The molecule has 2 bridgehead atoms. The molecule has 124 valence electrons. The number of nitrogens with one attached hydrogen (secondary N) is 1. The molecule has 2 saturated carbocycles. The smallest absolute Gasteiger partial charge is 0.235 e. The van der Waals surface area contributed by atoms with Gasteiger partial charge in [0, 0.05) is 5.69 Å². The van der Waals surface area contributed by atoms with Gasteiger partial charge in [-0.2, -0.15) is 0 Å². The molecule has 1 saturated heterocycles. The molecule has 0 unspecified atom stereocenters. The number of rotatable bonds is 4. The van der Waals surface area contributed by atoms with Gasteiger partial charge in [-0.1, -0.05) is 12.2 Å². The molecule has 6 rings (SSSR count). The summed E-state index contributed by atoms with van der Waals surface area (Å²) in [6.07, 6.45) is 5.59. The van der Waals surface area contributed by atoms with Gasteiger partial charge in [-0.3, -0.25) is 14.5 Å². The lowest BCUT2D eigenvalue weighted by molar-refractivity contribution is -0.139. The molecule has 3 fully saturated rings. The van der Waals surface area contributed by atoms with Gasteiger partial charge in [-0.15, -0.1) is 0 Å². The van der Waals surface area contributed by atoms with Crippen molar-refractivity contribution in [2.45, 2.75) is 6.42 Å². The van der Waals surface area contributed by atoms with E-state index in [0.717, 1.165) is 11.4 Å². The van der Waals surface area contributed by atoms with Crippen molar-refractivity contribution < 1.29 is 14.3 Å². The minimum Gasteiger partial charge on any atom is -0.497 e. The van der Waals surface area contributed by atoms with E-state index < -0.39 is 0 Å². The molecule has 5 aliphatic rings. The van der Waals surface area contributed by atoms with Gasteiger partial charge in [0.15, 0.2) is 0 Å². The quantitative estimate of drug-likeness (QED) is 0.681. The van der Waals surface area contributed by atoms with E-state index in [-0.39, 0.29) is 42.2 Å². The first kappa shape index (κ1) is 14.1. The SMILES string of the molecule is COc1ccc(NCN2C(=O)[C@@H]3[C@@H]4C=C[C@H]([C@@H]5C[C@H]45)[C@H]3C2=O)cc1. The minimum atomic E-state index is -0.117. The standard InChI is InChI=1S/C19H20N2O3/c1-24-11-4-2-10(3-5-11)20-9-21-18(22)16-12-6-7-13(15-8-14(12)15)17(16)19(21)23/h2-7,12-17,20H,8-9H2,1H3/t12-,13-,14-,15+,16-,17-/m1/s1. The highest BCUT2D eigenvalue weighted by atomic mass is 16.5. The second kappa shape index (κ2) is 4.85. The van der Waals surface area contributed by atoms with Gasteiger partial charge < -0.3 is 10.1 Å². The van der Waals surface area contributed by atoms with Gasteiger partial charge in [-0.25, -0.2) is 0 Å². The van der Waals surface area contributed by atoms with E-state index in [4.69, 9.17) is 4.74 Å². The average Bonchev–Trinajstić information content (AvgIpc) is 3.39. The van der Waals surface area contributed by atoms with Crippen LogP contribution in [0.2, 0.25) is 0 Å². The number of amides is 2. The van der Waals surface area contributed by atoms with Gasteiger partial charge in [0.1, 0.15) is 5.75 Å². The Balaban J connectivity index is 1.33. The number of hydrogen-bond acceptors (Lipinski definition) is 4. The molecule has 1 N–H and O–H groups in total. The molecule has 0 radical (unpaired) electrons. The molecule has 1 aromatic carbocycles. The monoisotopic (exact) mass is 324 g/mol. The number of ether oxygens (including phenoxy) is 1. The first-order valence-electron chi connectivity index (χ1n) is 8.60. The van der Waals surface area contributed by atoms with E-state index in [1.807, 2.05) is 24.3 Å². The number of imide groups is 1. The van der Waals surface area contributed by atoms with Crippen molar-refractivity contribution in [3.8, 4) is 5.75 Å². The van der Waals surface area contributed by atoms with Gasteiger partial charge in [-0.05, 0) is 54.4 Å². The highest BCUT2D eigenvalue weighted by Crippen LogP contribution is 2.65. The highest BCUT2D eigenvalue weighted by molar-refractivity contribution is 6.06. The summed E-state index contributed by atoms with van der Waals surface area (Å²) in [6, 6.07) is 7.48. The first-order valence-corrected chi connectivity index (χ1v) is 8.60. The number of anilines is 1. The third-order valence-electron chi connectivity index (χ3n) is 6.29. The Kier molecular flexibility index (Phi) is 2.84. The Hall–Kier alpha value is -2.30. The Morgan fingerprint density at radius 1 is 1.04 bits per heavy atom. The molecule has 4 aliphatic carbocycles. The van der Waals surface area contributed by atoms with Crippen LogP contribution in [0, 0.1) is 35.5 Å². The molecule has 6 atom stereocenters. The van der Waals surface area contributed by atoms with Crippen LogP contribution in [-0.2, 0) is 9.59 Å². The van der Waals surface area contributed by atoms with Crippen LogP contribution in [0.15, 0.2) is 36.4 Å². The fourth-order valence-corrected chi connectivity index (χ4v) is 5.05. The third-order valence-corrected chi connectivity index (χ3v) is 6.29. The maximum Gasteiger partial charge on any atom is 0.235 e. The van der Waals surface area contributed by atoms with E-state index in [9.17, 15) is 9.59 Å². The van der Waals surface area contributed by atoms with Crippen molar-refractivity contribution in [1.82, 2.24) is 4.90 Å². The summed E-state index contributed by atoms with van der Waals surface area (Å²) in [5.74, 6) is 2.43. The molecule has 2 amide bonds. The van der Waals surface area contributed by atoms with Crippen LogP contribution in [0.5, 0.6) is 5.75 Å². The van der Waals surface area contributed by atoms with Gasteiger partial charge >= 0.3 is 0 Å². The first-order chi connectivity index (χ1) is 11.7. The maximum atomic E-state index is 12.8. The predicted octanol–water partition coefficient (Wildman–Crippen LogP) is 2.12. The predicted molar refractivity (Wildman–Crippen MR) is 88.0 cm³/mol. The van der Waals surface area contributed by atoms with Crippen molar-refractivity contribution in [1.29, 1.82) is 0 Å². The number of allylic oxidation sites excluding steroid dienone is 2. The van der Waals surface area contributed by atoms with Crippen molar-refractivity contribution in [3.05, 3.63) is 36.4 Å². The number of carbonyl (C=O) groups is 2. The number of carbonyl (C=O) groups excluding carboxylic acids is 2. The molecule has 0 spiro atoms. The number of methoxy groups -OCH3 is 1. The summed E-state index contributed by atoms with van der Waals surface area (Å²) >= 11 is 0. The Bertz CT molecular complexity index is 705. The fraction of sp³-hybridized carbons (Fsp3) is 0.474. The lowest BCUT2D eigenvalue weighted by atomic mass is 9.63. The van der Waals surface area contributed by atoms with Gasteiger partial charge in [0.25, 0.3) is 0 Å². The van der Waals surface area contributed by atoms with Crippen molar-refractivity contribution in [2.24, 2.45) is 35.5 Å². The molecule has 1 aromatic rings. The molecule has 0 aromatic heterocycles. The largest absolute Gasteiger partial charge is 0.497 e. The molecule has 24 heavy (non-hydrogen) atoms. The van der Waals surface area contributed by atoms with Crippen LogP contribution < -0.4 is 10.1 Å². The molecule has 5 nitrogen and oxygen atoms in total. The van der Waals surface area contributed by atoms with E-state index in [0.29, 0.717) is 11.8 Å².